The van der Waals surface area contributed by atoms with Crippen molar-refractivity contribution in [3.8, 4) is 5.69 Å². The first-order valence-corrected chi connectivity index (χ1v) is 11.8. The van der Waals surface area contributed by atoms with E-state index in [1.165, 1.54) is 4.90 Å². The van der Waals surface area contributed by atoms with Gasteiger partial charge in [0, 0.05) is 18.0 Å². The van der Waals surface area contributed by atoms with Crippen LogP contribution in [0.15, 0.2) is 30.3 Å². The molecule has 1 aromatic heterocycles. The zero-order chi connectivity index (χ0) is 25.3. The lowest BCUT2D eigenvalue weighted by atomic mass is 9.92. The number of benzene rings is 1. The Kier molecular flexibility index (Phi) is 9.92. The van der Waals surface area contributed by atoms with E-state index in [-0.39, 0.29) is 25.1 Å². The molecular formula is C24H34ClN5O4. The Morgan fingerprint density at radius 1 is 1.18 bits per heavy atom. The molecular weight excluding hydrogens is 458 g/mol. The third-order valence-corrected chi connectivity index (χ3v) is 5.24. The van der Waals surface area contributed by atoms with E-state index in [2.05, 4.69) is 15.7 Å². The number of carbonyl (C=O) groups is 3. The van der Waals surface area contributed by atoms with Crippen LogP contribution < -0.4 is 10.6 Å². The largest absolute Gasteiger partial charge is 0.465 e. The summed E-state index contributed by atoms with van der Waals surface area (Å²) in [5, 5.41) is 10.5. The zero-order valence-corrected chi connectivity index (χ0v) is 21.2. The van der Waals surface area contributed by atoms with Gasteiger partial charge in [0.25, 0.3) is 0 Å². The molecule has 0 atom stereocenters. The van der Waals surface area contributed by atoms with Gasteiger partial charge < -0.3 is 20.3 Å². The van der Waals surface area contributed by atoms with E-state index in [0.29, 0.717) is 29.5 Å². The van der Waals surface area contributed by atoms with Crippen LogP contribution in [0.25, 0.3) is 5.69 Å². The molecule has 0 bridgehead atoms. The highest BCUT2D eigenvalue weighted by atomic mass is 35.5. The Morgan fingerprint density at radius 2 is 1.88 bits per heavy atom. The van der Waals surface area contributed by atoms with E-state index in [4.69, 9.17) is 16.3 Å². The van der Waals surface area contributed by atoms with Crippen molar-refractivity contribution < 1.29 is 19.1 Å². The van der Waals surface area contributed by atoms with Gasteiger partial charge in [-0.15, -0.1) is 0 Å². The Bertz CT molecular complexity index is 999. The van der Waals surface area contributed by atoms with Crippen LogP contribution in [0, 0.1) is 0 Å². The summed E-state index contributed by atoms with van der Waals surface area (Å²) in [6.45, 7) is 9.91. The van der Waals surface area contributed by atoms with Crippen molar-refractivity contribution in [2.45, 2.75) is 52.9 Å². The predicted molar refractivity (Wildman–Crippen MR) is 132 cm³/mol. The SMILES string of the molecule is CCCCN(CC(=O)Nc1cc(C(C)(C)C)nn1-c1ccccc1Cl)C(=O)NCC(=O)OCC. The van der Waals surface area contributed by atoms with Crippen molar-refractivity contribution >= 4 is 35.3 Å². The average molecular weight is 492 g/mol. The van der Waals surface area contributed by atoms with Crippen LogP contribution in [0.4, 0.5) is 10.6 Å². The molecule has 2 aromatic rings. The molecule has 1 aromatic carbocycles. The molecule has 0 aliphatic carbocycles. The molecule has 34 heavy (non-hydrogen) atoms. The normalized spacial score (nSPS) is 11.1. The highest BCUT2D eigenvalue weighted by Crippen LogP contribution is 2.29. The fraction of sp³-hybridized carbons (Fsp3) is 0.500. The van der Waals surface area contributed by atoms with Gasteiger partial charge in [-0.05, 0) is 25.5 Å². The number of nitrogens with one attached hydrogen (secondary N) is 2. The third kappa shape index (κ3) is 7.76. The van der Waals surface area contributed by atoms with E-state index < -0.39 is 17.9 Å². The number of urea groups is 1. The second-order valence-electron chi connectivity index (χ2n) is 8.82. The quantitative estimate of drug-likeness (QED) is 0.486. The van der Waals surface area contributed by atoms with Crippen LogP contribution in [-0.2, 0) is 19.7 Å². The number of rotatable bonds is 10. The number of aromatic nitrogens is 2. The van der Waals surface area contributed by atoms with Crippen molar-refractivity contribution in [2.75, 3.05) is 31.6 Å². The Morgan fingerprint density at radius 3 is 2.50 bits per heavy atom. The Balaban J connectivity index is 2.21. The average Bonchev–Trinajstić information content (AvgIpc) is 3.19. The minimum absolute atomic E-state index is 0.187. The summed E-state index contributed by atoms with van der Waals surface area (Å²) in [6.07, 6.45) is 1.56. The van der Waals surface area contributed by atoms with E-state index in [0.717, 1.165) is 12.1 Å². The Labute approximate surface area is 205 Å². The van der Waals surface area contributed by atoms with Crippen molar-refractivity contribution in [3.63, 3.8) is 0 Å². The van der Waals surface area contributed by atoms with Crippen LogP contribution in [0.1, 0.15) is 53.2 Å². The topological polar surface area (TPSA) is 106 Å². The van der Waals surface area contributed by atoms with Crippen molar-refractivity contribution in [1.29, 1.82) is 0 Å². The van der Waals surface area contributed by atoms with Crippen molar-refractivity contribution in [1.82, 2.24) is 20.0 Å². The molecule has 3 amide bonds. The number of unbranched alkanes of at least 4 members (excludes halogenated alkanes) is 1. The second-order valence-corrected chi connectivity index (χ2v) is 9.22. The number of hydrogen-bond donors (Lipinski definition) is 2. The molecule has 0 aliphatic heterocycles. The van der Waals surface area contributed by atoms with Gasteiger partial charge in [-0.1, -0.05) is 57.8 Å². The summed E-state index contributed by atoms with van der Waals surface area (Å²) in [5.41, 5.74) is 1.15. The minimum Gasteiger partial charge on any atom is -0.465 e. The van der Waals surface area contributed by atoms with E-state index in [9.17, 15) is 14.4 Å². The second kappa shape index (κ2) is 12.4. The summed E-state index contributed by atoms with van der Waals surface area (Å²) in [4.78, 5) is 38.5. The number of ether oxygens (including phenoxy) is 1. The molecule has 0 saturated carbocycles. The summed E-state index contributed by atoms with van der Waals surface area (Å²) >= 11 is 6.38. The smallest absolute Gasteiger partial charge is 0.325 e. The molecule has 10 heteroatoms. The number of para-hydroxylation sites is 1. The molecule has 9 nitrogen and oxygen atoms in total. The summed E-state index contributed by atoms with van der Waals surface area (Å²) in [7, 11) is 0. The number of amides is 3. The molecule has 186 valence electrons. The fourth-order valence-electron chi connectivity index (χ4n) is 3.07. The molecule has 0 fully saturated rings. The van der Waals surface area contributed by atoms with Crippen LogP contribution in [0.5, 0.6) is 0 Å². The molecule has 0 unspecified atom stereocenters. The molecule has 0 aliphatic rings. The number of nitrogens with zero attached hydrogens (tertiary/aromatic N) is 3. The minimum atomic E-state index is -0.533. The zero-order valence-electron chi connectivity index (χ0n) is 20.5. The van der Waals surface area contributed by atoms with Gasteiger partial charge in [0.05, 0.1) is 23.0 Å². The Hall–Kier alpha value is -3.07. The molecule has 0 saturated heterocycles. The number of carbonyl (C=O) groups excluding carboxylic acids is 3. The maximum atomic E-state index is 13.0. The maximum absolute atomic E-state index is 13.0. The molecule has 2 N–H and O–H groups in total. The molecule has 0 radical (unpaired) electrons. The molecule has 0 spiro atoms. The van der Waals surface area contributed by atoms with E-state index in [1.807, 2.05) is 45.9 Å². The summed E-state index contributed by atoms with van der Waals surface area (Å²) in [6, 6.07) is 8.52. The van der Waals surface area contributed by atoms with E-state index >= 15 is 0 Å². The first kappa shape index (κ1) is 27.2. The van der Waals surface area contributed by atoms with Gasteiger partial charge >= 0.3 is 12.0 Å². The third-order valence-electron chi connectivity index (χ3n) is 4.92. The van der Waals surface area contributed by atoms with Gasteiger partial charge in [0.2, 0.25) is 5.91 Å². The molecule has 2 rings (SSSR count). The van der Waals surface area contributed by atoms with Crippen molar-refractivity contribution in [2.24, 2.45) is 0 Å². The number of esters is 1. The first-order chi connectivity index (χ1) is 16.1. The number of hydrogen-bond acceptors (Lipinski definition) is 5. The fourth-order valence-corrected chi connectivity index (χ4v) is 3.29. The molecule has 1 heterocycles. The lowest BCUT2D eigenvalue weighted by Crippen LogP contribution is -2.46. The standard InChI is InChI=1S/C24H34ClN5O4/c1-6-8-13-29(23(33)26-15-22(32)34-7-2)16-21(31)27-20-14-19(24(3,4)5)28-30(20)18-12-10-9-11-17(18)25/h9-12,14H,6-8,13,15-16H2,1-5H3,(H,26,33)(H,27,31). The van der Waals surface area contributed by atoms with Gasteiger partial charge in [0.1, 0.15) is 18.9 Å². The monoisotopic (exact) mass is 491 g/mol. The predicted octanol–water partition coefficient (Wildman–Crippen LogP) is 4.14. The number of anilines is 1. The highest BCUT2D eigenvalue weighted by Gasteiger charge is 2.24. The first-order valence-electron chi connectivity index (χ1n) is 11.4. The lowest BCUT2D eigenvalue weighted by Gasteiger charge is -2.22. The lowest BCUT2D eigenvalue weighted by molar-refractivity contribution is -0.141. The van der Waals surface area contributed by atoms with Gasteiger partial charge in [0.15, 0.2) is 0 Å². The van der Waals surface area contributed by atoms with Crippen LogP contribution in [0.2, 0.25) is 5.02 Å². The van der Waals surface area contributed by atoms with Crippen LogP contribution in [0.3, 0.4) is 0 Å². The van der Waals surface area contributed by atoms with Gasteiger partial charge in [-0.2, -0.15) is 5.10 Å². The van der Waals surface area contributed by atoms with Gasteiger partial charge in [-0.25, -0.2) is 9.48 Å². The maximum Gasteiger partial charge on any atom is 0.325 e. The highest BCUT2D eigenvalue weighted by molar-refractivity contribution is 6.32. The summed E-state index contributed by atoms with van der Waals surface area (Å²) < 4.78 is 6.43. The summed E-state index contributed by atoms with van der Waals surface area (Å²) in [5.74, 6) is -0.476. The van der Waals surface area contributed by atoms with Crippen LogP contribution in [-0.4, -0.2) is 58.8 Å². The van der Waals surface area contributed by atoms with Crippen molar-refractivity contribution in [3.05, 3.63) is 41.0 Å². The van der Waals surface area contributed by atoms with Gasteiger partial charge in [-0.3, -0.25) is 9.59 Å². The van der Waals surface area contributed by atoms with E-state index in [1.54, 1.807) is 23.7 Å². The number of halogens is 1. The van der Waals surface area contributed by atoms with Crippen LogP contribution >= 0.6 is 11.6 Å².